The average Bonchev–Trinajstić information content (AvgIpc) is 2.68. The van der Waals surface area contributed by atoms with Gasteiger partial charge < -0.3 is 5.73 Å². The zero-order valence-corrected chi connectivity index (χ0v) is 12.3. The second-order valence-electron chi connectivity index (χ2n) is 4.52. The minimum absolute atomic E-state index is 0.453. The molecular formula is C14H13BrN4. The van der Waals surface area contributed by atoms with Crippen molar-refractivity contribution >= 4 is 33.0 Å². The number of hydrogen-bond acceptors (Lipinski definition) is 3. The minimum Gasteiger partial charge on any atom is -0.369 e. The van der Waals surface area contributed by atoms with Crippen molar-refractivity contribution in [1.82, 2.24) is 14.5 Å². The number of imidazole rings is 1. The molecular weight excluding hydrogens is 304 g/mol. The van der Waals surface area contributed by atoms with E-state index in [4.69, 9.17) is 5.73 Å². The lowest BCUT2D eigenvalue weighted by atomic mass is 10.1. The van der Waals surface area contributed by atoms with Crippen LogP contribution in [0.4, 0.5) is 5.95 Å². The number of rotatable bonds is 1. The Morgan fingerprint density at radius 1 is 1.26 bits per heavy atom. The normalized spacial score (nSPS) is 11.1. The minimum atomic E-state index is 0.453. The highest BCUT2D eigenvalue weighted by molar-refractivity contribution is 9.10. The van der Waals surface area contributed by atoms with Gasteiger partial charge in [0, 0.05) is 10.7 Å². The van der Waals surface area contributed by atoms with E-state index in [0.717, 1.165) is 21.3 Å². The first-order valence-electron chi connectivity index (χ1n) is 5.94. The number of aryl methyl sites for hydroxylation is 1. The molecule has 5 heteroatoms. The predicted molar refractivity (Wildman–Crippen MR) is 80.5 cm³/mol. The molecule has 96 valence electrons. The smallest absolute Gasteiger partial charge is 0.207 e. The summed E-state index contributed by atoms with van der Waals surface area (Å²) in [5.74, 6) is 0.453. The molecule has 0 radical (unpaired) electrons. The van der Waals surface area contributed by atoms with Gasteiger partial charge in [0.15, 0.2) is 5.65 Å². The molecule has 0 unspecified atom stereocenters. The molecule has 2 N–H and O–H groups in total. The zero-order chi connectivity index (χ0) is 13.6. The summed E-state index contributed by atoms with van der Waals surface area (Å²) < 4.78 is 2.79. The fourth-order valence-corrected chi connectivity index (χ4v) is 2.49. The van der Waals surface area contributed by atoms with Crippen molar-refractivity contribution in [2.45, 2.75) is 13.8 Å². The number of fused-ring (bicyclic) bond motifs is 1. The van der Waals surface area contributed by atoms with E-state index in [0.29, 0.717) is 5.95 Å². The molecule has 3 aromatic rings. The number of pyridine rings is 1. The van der Waals surface area contributed by atoms with Crippen LogP contribution >= 0.6 is 15.9 Å². The molecule has 2 aromatic heterocycles. The summed E-state index contributed by atoms with van der Waals surface area (Å²) >= 11 is 3.40. The molecule has 0 fully saturated rings. The summed E-state index contributed by atoms with van der Waals surface area (Å²) in [6, 6.07) is 8.05. The standard InChI is InChI=1S/C14H13BrN4/c1-8-4-3-5-12(9(8)2)19-13-11(18-14(19)16)6-10(15)7-17-13/h3-7H,1-2H3,(H2,16,18). The van der Waals surface area contributed by atoms with Crippen LogP contribution in [0.15, 0.2) is 34.9 Å². The van der Waals surface area contributed by atoms with Crippen molar-refractivity contribution < 1.29 is 0 Å². The Bertz CT molecular complexity index is 776. The fraction of sp³-hybridized carbons (Fsp3) is 0.143. The molecule has 0 aliphatic carbocycles. The molecule has 0 spiro atoms. The van der Waals surface area contributed by atoms with Gasteiger partial charge in [-0.25, -0.2) is 9.97 Å². The van der Waals surface area contributed by atoms with Gasteiger partial charge in [0.25, 0.3) is 0 Å². The van der Waals surface area contributed by atoms with E-state index >= 15 is 0 Å². The highest BCUT2D eigenvalue weighted by Gasteiger charge is 2.13. The topological polar surface area (TPSA) is 56.7 Å². The number of nitrogens with zero attached hydrogens (tertiary/aromatic N) is 3. The van der Waals surface area contributed by atoms with Gasteiger partial charge in [0.1, 0.15) is 5.52 Å². The van der Waals surface area contributed by atoms with E-state index in [2.05, 4.69) is 45.8 Å². The predicted octanol–water partition coefficient (Wildman–Crippen LogP) is 3.38. The molecule has 4 nitrogen and oxygen atoms in total. The van der Waals surface area contributed by atoms with E-state index < -0.39 is 0 Å². The first kappa shape index (κ1) is 12.2. The second kappa shape index (κ2) is 4.35. The first-order valence-corrected chi connectivity index (χ1v) is 6.73. The molecule has 0 aliphatic heterocycles. The summed E-state index contributed by atoms with van der Waals surface area (Å²) in [5, 5.41) is 0. The number of hydrogen-bond donors (Lipinski definition) is 1. The van der Waals surface area contributed by atoms with Gasteiger partial charge in [0.05, 0.1) is 5.69 Å². The summed E-state index contributed by atoms with van der Waals surface area (Å²) in [5.41, 5.74) is 11.0. The third-order valence-corrected chi connectivity index (χ3v) is 3.74. The van der Waals surface area contributed by atoms with Crippen molar-refractivity contribution in [3.8, 4) is 5.69 Å². The maximum Gasteiger partial charge on any atom is 0.207 e. The van der Waals surface area contributed by atoms with E-state index in [1.54, 1.807) is 6.20 Å². The number of halogens is 1. The van der Waals surface area contributed by atoms with Crippen LogP contribution in [0, 0.1) is 13.8 Å². The van der Waals surface area contributed by atoms with E-state index in [1.165, 1.54) is 11.1 Å². The summed E-state index contributed by atoms with van der Waals surface area (Å²) in [6.07, 6.45) is 1.76. The third kappa shape index (κ3) is 1.90. The van der Waals surface area contributed by atoms with Crippen LogP contribution in [-0.4, -0.2) is 14.5 Å². The Hall–Kier alpha value is -1.88. The molecule has 19 heavy (non-hydrogen) atoms. The maximum atomic E-state index is 6.05. The lowest BCUT2D eigenvalue weighted by molar-refractivity contribution is 1.06. The van der Waals surface area contributed by atoms with E-state index in [1.807, 2.05) is 22.8 Å². The highest BCUT2D eigenvalue weighted by Crippen LogP contribution is 2.26. The quantitative estimate of drug-likeness (QED) is 0.748. The number of nitrogen functional groups attached to an aromatic ring is 1. The monoisotopic (exact) mass is 316 g/mol. The SMILES string of the molecule is Cc1cccc(-n2c(N)nc3cc(Br)cnc32)c1C. The van der Waals surface area contributed by atoms with E-state index in [9.17, 15) is 0 Å². The van der Waals surface area contributed by atoms with Gasteiger partial charge >= 0.3 is 0 Å². The number of nitrogens with two attached hydrogens (primary N) is 1. The highest BCUT2D eigenvalue weighted by atomic mass is 79.9. The fourth-order valence-electron chi connectivity index (χ4n) is 2.17. The third-order valence-electron chi connectivity index (χ3n) is 3.31. The molecule has 0 atom stereocenters. The van der Waals surface area contributed by atoms with Gasteiger partial charge in [-0.2, -0.15) is 0 Å². The van der Waals surface area contributed by atoms with Gasteiger partial charge in [-0.15, -0.1) is 0 Å². The van der Waals surface area contributed by atoms with E-state index in [-0.39, 0.29) is 0 Å². The molecule has 0 saturated heterocycles. The van der Waals surface area contributed by atoms with Crippen molar-refractivity contribution in [1.29, 1.82) is 0 Å². The molecule has 0 bridgehead atoms. The largest absolute Gasteiger partial charge is 0.369 e. The second-order valence-corrected chi connectivity index (χ2v) is 5.44. The molecule has 3 rings (SSSR count). The van der Waals surface area contributed by atoms with Crippen LogP contribution in [0.2, 0.25) is 0 Å². The van der Waals surface area contributed by atoms with Crippen molar-refractivity contribution in [3.05, 3.63) is 46.1 Å². The lowest BCUT2D eigenvalue weighted by Gasteiger charge is -2.11. The Kier molecular flexibility index (Phi) is 2.78. The average molecular weight is 317 g/mol. The molecule has 2 heterocycles. The van der Waals surface area contributed by atoms with Gasteiger partial charge in [-0.05, 0) is 53.0 Å². The van der Waals surface area contributed by atoms with Crippen molar-refractivity contribution in [2.75, 3.05) is 5.73 Å². The summed E-state index contributed by atoms with van der Waals surface area (Å²) in [4.78, 5) is 8.79. The van der Waals surface area contributed by atoms with Crippen LogP contribution in [0.5, 0.6) is 0 Å². The number of benzene rings is 1. The van der Waals surface area contributed by atoms with Gasteiger partial charge in [-0.3, -0.25) is 4.57 Å². The van der Waals surface area contributed by atoms with Crippen LogP contribution in [-0.2, 0) is 0 Å². The Labute approximate surface area is 119 Å². The van der Waals surface area contributed by atoms with Crippen LogP contribution in [0.3, 0.4) is 0 Å². The molecule has 0 aliphatic rings. The zero-order valence-electron chi connectivity index (χ0n) is 10.7. The first-order chi connectivity index (χ1) is 9.08. The summed E-state index contributed by atoms with van der Waals surface area (Å²) in [6.45, 7) is 4.16. The van der Waals surface area contributed by atoms with Crippen LogP contribution in [0.25, 0.3) is 16.9 Å². The maximum absolute atomic E-state index is 6.05. The van der Waals surface area contributed by atoms with Crippen molar-refractivity contribution in [3.63, 3.8) is 0 Å². The van der Waals surface area contributed by atoms with Gasteiger partial charge in [-0.1, -0.05) is 12.1 Å². The lowest BCUT2D eigenvalue weighted by Crippen LogP contribution is -2.04. The molecule has 1 aromatic carbocycles. The summed E-state index contributed by atoms with van der Waals surface area (Å²) in [7, 11) is 0. The molecule has 0 amide bonds. The Morgan fingerprint density at radius 2 is 2.05 bits per heavy atom. The molecule has 0 saturated carbocycles. The number of anilines is 1. The van der Waals surface area contributed by atoms with Crippen molar-refractivity contribution in [2.24, 2.45) is 0 Å². The Morgan fingerprint density at radius 3 is 2.84 bits per heavy atom. The van der Waals surface area contributed by atoms with Gasteiger partial charge in [0.2, 0.25) is 5.95 Å². The van der Waals surface area contributed by atoms with Crippen LogP contribution in [0.1, 0.15) is 11.1 Å². The van der Waals surface area contributed by atoms with Crippen LogP contribution < -0.4 is 5.73 Å². The number of aromatic nitrogens is 3. The Balaban J connectivity index is 2.36.